The molecule has 0 fully saturated rings. The number of aromatic nitrogens is 3. The predicted molar refractivity (Wildman–Crippen MR) is 60.5 cm³/mol. The molecule has 0 aliphatic rings. The molecule has 0 saturated carbocycles. The lowest BCUT2D eigenvalue weighted by atomic mass is 9.98. The standard InChI is InChI=1S/C12H12F3N3/c1-8(2)9-5-11(18-4-3-16-7-18)17-6-10(9)12(13,14)15/h3-8H,1-2H3. The first-order valence-corrected chi connectivity index (χ1v) is 5.45. The highest BCUT2D eigenvalue weighted by Crippen LogP contribution is 2.35. The molecule has 0 unspecified atom stereocenters. The van der Waals surface area contributed by atoms with Crippen LogP contribution < -0.4 is 0 Å². The SMILES string of the molecule is CC(C)c1cc(-n2ccnc2)ncc1C(F)(F)F. The summed E-state index contributed by atoms with van der Waals surface area (Å²) >= 11 is 0. The van der Waals surface area contributed by atoms with E-state index in [1.807, 2.05) is 0 Å². The lowest BCUT2D eigenvalue weighted by Crippen LogP contribution is -2.12. The second-order valence-corrected chi connectivity index (χ2v) is 4.25. The van der Waals surface area contributed by atoms with Crippen LogP contribution in [-0.4, -0.2) is 14.5 Å². The maximum Gasteiger partial charge on any atom is 0.418 e. The number of hydrogen-bond acceptors (Lipinski definition) is 2. The number of halogens is 3. The van der Waals surface area contributed by atoms with Crippen LogP contribution in [0.1, 0.15) is 30.9 Å². The van der Waals surface area contributed by atoms with Crippen molar-refractivity contribution in [3.05, 3.63) is 42.1 Å². The largest absolute Gasteiger partial charge is 0.418 e. The van der Waals surface area contributed by atoms with Gasteiger partial charge in [0.1, 0.15) is 12.1 Å². The molecule has 3 nitrogen and oxygen atoms in total. The minimum Gasteiger partial charge on any atom is -0.291 e. The van der Waals surface area contributed by atoms with Crippen LogP contribution >= 0.6 is 0 Å². The fraction of sp³-hybridized carbons (Fsp3) is 0.333. The molecule has 0 bridgehead atoms. The lowest BCUT2D eigenvalue weighted by molar-refractivity contribution is -0.138. The van der Waals surface area contributed by atoms with E-state index in [9.17, 15) is 13.2 Å². The van der Waals surface area contributed by atoms with Crippen molar-refractivity contribution in [1.82, 2.24) is 14.5 Å². The summed E-state index contributed by atoms with van der Waals surface area (Å²) in [6.45, 7) is 3.45. The maximum atomic E-state index is 12.8. The Hall–Kier alpha value is -1.85. The summed E-state index contributed by atoms with van der Waals surface area (Å²) in [6.07, 6.45) is 1.19. The van der Waals surface area contributed by atoms with Crippen molar-refractivity contribution in [2.24, 2.45) is 0 Å². The van der Waals surface area contributed by atoms with Gasteiger partial charge in [0.2, 0.25) is 0 Å². The van der Waals surface area contributed by atoms with Crippen molar-refractivity contribution in [3.63, 3.8) is 0 Å². The molecule has 2 aromatic rings. The molecule has 0 amide bonds. The van der Waals surface area contributed by atoms with E-state index < -0.39 is 11.7 Å². The average Bonchev–Trinajstić information content (AvgIpc) is 2.80. The number of rotatable bonds is 2. The second kappa shape index (κ2) is 4.44. The molecular weight excluding hydrogens is 243 g/mol. The Morgan fingerprint density at radius 3 is 2.50 bits per heavy atom. The van der Waals surface area contributed by atoms with E-state index in [0.29, 0.717) is 5.82 Å². The van der Waals surface area contributed by atoms with E-state index >= 15 is 0 Å². The van der Waals surface area contributed by atoms with Gasteiger partial charge in [-0.05, 0) is 17.5 Å². The molecule has 2 heterocycles. The van der Waals surface area contributed by atoms with Gasteiger partial charge in [0.05, 0.1) is 5.56 Å². The lowest BCUT2D eigenvalue weighted by Gasteiger charge is -2.16. The van der Waals surface area contributed by atoms with Gasteiger partial charge < -0.3 is 0 Å². The van der Waals surface area contributed by atoms with E-state index in [0.717, 1.165) is 6.20 Å². The molecule has 2 aromatic heterocycles. The van der Waals surface area contributed by atoms with Gasteiger partial charge in [-0.1, -0.05) is 13.8 Å². The quantitative estimate of drug-likeness (QED) is 0.823. The highest BCUT2D eigenvalue weighted by Gasteiger charge is 2.34. The molecular formula is C12H12F3N3. The predicted octanol–water partition coefficient (Wildman–Crippen LogP) is 3.41. The van der Waals surface area contributed by atoms with Crippen molar-refractivity contribution in [2.75, 3.05) is 0 Å². The zero-order valence-corrected chi connectivity index (χ0v) is 9.94. The van der Waals surface area contributed by atoms with E-state index in [2.05, 4.69) is 9.97 Å². The third-order valence-electron chi connectivity index (χ3n) is 2.62. The Morgan fingerprint density at radius 2 is 2.00 bits per heavy atom. The molecule has 0 N–H and O–H groups in total. The Labute approximate surface area is 102 Å². The number of imidazole rings is 1. The van der Waals surface area contributed by atoms with Crippen LogP contribution in [0.25, 0.3) is 5.82 Å². The van der Waals surface area contributed by atoms with Gasteiger partial charge in [0.15, 0.2) is 0 Å². The van der Waals surface area contributed by atoms with Crippen molar-refractivity contribution in [2.45, 2.75) is 25.9 Å². The monoisotopic (exact) mass is 255 g/mol. The summed E-state index contributed by atoms with van der Waals surface area (Å²) in [7, 11) is 0. The maximum absolute atomic E-state index is 12.8. The summed E-state index contributed by atoms with van der Waals surface area (Å²) in [6, 6.07) is 1.45. The van der Waals surface area contributed by atoms with Crippen molar-refractivity contribution >= 4 is 0 Å². The first-order chi connectivity index (χ1) is 8.39. The van der Waals surface area contributed by atoms with E-state index in [1.165, 1.54) is 12.4 Å². The molecule has 6 heteroatoms. The third kappa shape index (κ3) is 2.37. The van der Waals surface area contributed by atoms with Crippen LogP contribution in [0, 0.1) is 0 Å². The van der Waals surface area contributed by atoms with Crippen molar-refractivity contribution in [3.8, 4) is 5.82 Å². The molecule has 0 radical (unpaired) electrons. The number of hydrogen-bond donors (Lipinski definition) is 0. The van der Waals surface area contributed by atoms with E-state index in [-0.39, 0.29) is 11.5 Å². The highest BCUT2D eigenvalue weighted by atomic mass is 19.4. The Balaban J connectivity index is 2.54. The molecule has 2 rings (SSSR count). The van der Waals surface area contributed by atoms with Gasteiger partial charge >= 0.3 is 6.18 Å². The summed E-state index contributed by atoms with van der Waals surface area (Å²) in [4.78, 5) is 7.68. The van der Waals surface area contributed by atoms with Crippen LogP contribution in [0.4, 0.5) is 13.2 Å². The van der Waals surface area contributed by atoms with E-state index in [1.54, 1.807) is 30.8 Å². The molecule has 0 saturated heterocycles. The van der Waals surface area contributed by atoms with Gasteiger partial charge in [-0.15, -0.1) is 0 Å². The highest BCUT2D eigenvalue weighted by molar-refractivity contribution is 5.37. The Kier molecular flexibility index (Phi) is 3.11. The zero-order chi connectivity index (χ0) is 13.3. The van der Waals surface area contributed by atoms with Gasteiger partial charge in [0.25, 0.3) is 0 Å². The van der Waals surface area contributed by atoms with Gasteiger partial charge in [-0.2, -0.15) is 13.2 Å². The molecule has 0 atom stereocenters. The zero-order valence-electron chi connectivity index (χ0n) is 9.94. The summed E-state index contributed by atoms with van der Waals surface area (Å²) < 4.78 is 40.0. The van der Waals surface area contributed by atoms with Crippen molar-refractivity contribution < 1.29 is 13.2 Å². The fourth-order valence-corrected chi connectivity index (χ4v) is 1.71. The normalized spacial score (nSPS) is 12.1. The average molecular weight is 255 g/mol. The summed E-state index contributed by atoms with van der Waals surface area (Å²) in [5, 5.41) is 0. The summed E-state index contributed by atoms with van der Waals surface area (Å²) in [5.41, 5.74) is -0.442. The minimum absolute atomic E-state index is 0.230. The van der Waals surface area contributed by atoms with Crippen LogP contribution in [0.2, 0.25) is 0 Å². The first kappa shape index (κ1) is 12.6. The van der Waals surface area contributed by atoms with Gasteiger partial charge in [0, 0.05) is 18.6 Å². The van der Waals surface area contributed by atoms with Gasteiger partial charge in [-0.25, -0.2) is 9.97 Å². The number of nitrogens with zero attached hydrogens (tertiary/aromatic N) is 3. The second-order valence-electron chi connectivity index (χ2n) is 4.25. The Bertz CT molecular complexity index is 530. The molecule has 0 spiro atoms. The fourth-order valence-electron chi connectivity index (χ4n) is 1.71. The summed E-state index contributed by atoms with van der Waals surface area (Å²) in [5.74, 6) is 0.205. The molecule has 0 aliphatic heterocycles. The number of pyridine rings is 1. The molecule has 18 heavy (non-hydrogen) atoms. The molecule has 0 aromatic carbocycles. The van der Waals surface area contributed by atoms with Gasteiger partial charge in [-0.3, -0.25) is 4.57 Å². The van der Waals surface area contributed by atoms with Crippen LogP contribution in [0.15, 0.2) is 31.0 Å². The van der Waals surface area contributed by atoms with Crippen LogP contribution in [-0.2, 0) is 6.18 Å². The minimum atomic E-state index is -4.37. The third-order valence-corrected chi connectivity index (χ3v) is 2.62. The topological polar surface area (TPSA) is 30.7 Å². The molecule has 0 aliphatic carbocycles. The van der Waals surface area contributed by atoms with E-state index in [4.69, 9.17) is 0 Å². The van der Waals surface area contributed by atoms with Crippen LogP contribution in [0.3, 0.4) is 0 Å². The number of alkyl halides is 3. The smallest absolute Gasteiger partial charge is 0.291 e. The molecule has 96 valence electrons. The first-order valence-electron chi connectivity index (χ1n) is 5.45. The van der Waals surface area contributed by atoms with Crippen LogP contribution in [0.5, 0.6) is 0 Å². The Morgan fingerprint density at radius 1 is 1.28 bits per heavy atom. The van der Waals surface area contributed by atoms with Crippen molar-refractivity contribution in [1.29, 1.82) is 0 Å².